The minimum absolute atomic E-state index is 0.0216. The van der Waals surface area contributed by atoms with E-state index in [0.29, 0.717) is 25.1 Å². The van der Waals surface area contributed by atoms with E-state index in [-0.39, 0.29) is 36.8 Å². The maximum absolute atomic E-state index is 13.1. The normalized spacial score (nSPS) is 15.3. The fraction of sp³-hybridized carbons (Fsp3) is 0.440. The number of nitrogen functional groups attached to an aromatic ring is 1. The number of rotatable bonds is 11. The Kier molecular flexibility index (Phi) is 8.93. The number of ether oxygens (including phenoxy) is 1. The molecule has 1 atom stereocenters. The third kappa shape index (κ3) is 5.96. The first-order valence-electron chi connectivity index (χ1n) is 12.2. The van der Waals surface area contributed by atoms with E-state index in [1.807, 2.05) is 44.2 Å². The Morgan fingerprint density at radius 2 is 1.83 bits per heavy atom. The zero-order valence-corrected chi connectivity index (χ0v) is 20.9. The Bertz CT molecular complexity index is 1230. The molecule has 2 aromatic rings. The standard InChI is InChI=1S/C25H34N6O5/c1-4-7-13-31-21(26)20(22(32)29-25(31)35)30(14-16-11-9-8-10-12-16)15-18-19(23(33)36-6-3)17(5-2)27-24(34)28-18/h8-12,17H,4-7,13-15,26H2,1-3H3,(H2,27,28,34)(H,29,32,35). The minimum atomic E-state index is -0.647. The summed E-state index contributed by atoms with van der Waals surface area (Å²) in [5, 5.41) is 5.47. The summed E-state index contributed by atoms with van der Waals surface area (Å²) in [5.74, 6) is -0.528. The molecule has 0 spiro atoms. The summed E-state index contributed by atoms with van der Waals surface area (Å²) in [5.41, 5.74) is 6.73. The summed E-state index contributed by atoms with van der Waals surface area (Å²) >= 11 is 0. The second kappa shape index (κ2) is 12.1. The van der Waals surface area contributed by atoms with Crippen LogP contribution in [0.3, 0.4) is 0 Å². The number of hydrogen-bond donors (Lipinski definition) is 4. The number of nitrogens with two attached hydrogens (primary N) is 1. The zero-order valence-electron chi connectivity index (χ0n) is 20.9. The Hall–Kier alpha value is -4.02. The number of anilines is 2. The molecule has 0 bridgehead atoms. The molecule has 36 heavy (non-hydrogen) atoms. The number of benzene rings is 1. The van der Waals surface area contributed by atoms with E-state index in [2.05, 4.69) is 15.6 Å². The second-order valence-corrected chi connectivity index (χ2v) is 8.51. The molecule has 0 fully saturated rings. The second-order valence-electron chi connectivity index (χ2n) is 8.51. The molecule has 0 radical (unpaired) electrons. The predicted molar refractivity (Wildman–Crippen MR) is 138 cm³/mol. The maximum Gasteiger partial charge on any atom is 0.337 e. The van der Waals surface area contributed by atoms with E-state index in [4.69, 9.17) is 10.5 Å². The Balaban J connectivity index is 2.17. The molecular formula is C25H34N6O5. The molecule has 5 N–H and O–H groups in total. The van der Waals surface area contributed by atoms with Crippen molar-refractivity contribution in [3.05, 3.63) is 68.0 Å². The first-order chi connectivity index (χ1) is 17.3. The van der Waals surface area contributed by atoms with Gasteiger partial charge in [0.15, 0.2) is 0 Å². The molecule has 2 heterocycles. The van der Waals surface area contributed by atoms with Crippen LogP contribution in [0.25, 0.3) is 0 Å². The summed E-state index contributed by atoms with van der Waals surface area (Å²) in [6.45, 7) is 6.27. The number of urea groups is 1. The van der Waals surface area contributed by atoms with Gasteiger partial charge >= 0.3 is 17.7 Å². The van der Waals surface area contributed by atoms with Crippen molar-refractivity contribution in [2.75, 3.05) is 23.8 Å². The van der Waals surface area contributed by atoms with Crippen molar-refractivity contribution < 1.29 is 14.3 Å². The molecule has 1 aliphatic heterocycles. The number of hydrogen-bond acceptors (Lipinski definition) is 7. The number of carbonyl (C=O) groups is 2. The monoisotopic (exact) mass is 498 g/mol. The highest BCUT2D eigenvalue weighted by molar-refractivity contribution is 5.95. The van der Waals surface area contributed by atoms with Gasteiger partial charge in [-0.3, -0.25) is 14.3 Å². The third-order valence-electron chi connectivity index (χ3n) is 5.98. The van der Waals surface area contributed by atoms with Gasteiger partial charge in [-0.15, -0.1) is 0 Å². The predicted octanol–water partition coefficient (Wildman–Crippen LogP) is 1.83. The molecule has 1 aliphatic rings. The van der Waals surface area contributed by atoms with Crippen LogP contribution in [0.2, 0.25) is 0 Å². The van der Waals surface area contributed by atoms with Gasteiger partial charge in [-0.05, 0) is 25.3 Å². The fourth-order valence-electron chi connectivity index (χ4n) is 4.22. The molecule has 0 saturated heterocycles. The van der Waals surface area contributed by atoms with E-state index in [1.165, 1.54) is 4.57 Å². The third-order valence-corrected chi connectivity index (χ3v) is 5.98. The molecule has 194 valence electrons. The average molecular weight is 499 g/mol. The number of aromatic amines is 1. The van der Waals surface area contributed by atoms with Crippen LogP contribution in [0.15, 0.2) is 51.2 Å². The zero-order chi connectivity index (χ0) is 26.2. The highest BCUT2D eigenvalue weighted by Gasteiger charge is 2.33. The Labute approximate surface area is 209 Å². The number of unbranched alkanes of at least 4 members (excludes halogenated alkanes) is 1. The van der Waals surface area contributed by atoms with Crippen LogP contribution in [-0.4, -0.2) is 40.7 Å². The van der Waals surface area contributed by atoms with E-state index < -0.39 is 29.3 Å². The van der Waals surface area contributed by atoms with Crippen LogP contribution in [-0.2, 0) is 22.6 Å². The van der Waals surface area contributed by atoms with Gasteiger partial charge in [-0.25, -0.2) is 14.4 Å². The van der Waals surface area contributed by atoms with E-state index in [9.17, 15) is 19.2 Å². The number of amides is 2. The van der Waals surface area contributed by atoms with E-state index >= 15 is 0 Å². The molecule has 0 aliphatic carbocycles. The lowest BCUT2D eigenvalue weighted by Crippen LogP contribution is -2.52. The van der Waals surface area contributed by atoms with Crippen LogP contribution >= 0.6 is 0 Å². The number of carbonyl (C=O) groups excluding carboxylic acids is 2. The fourth-order valence-corrected chi connectivity index (χ4v) is 4.22. The lowest BCUT2D eigenvalue weighted by Gasteiger charge is -2.32. The van der Waals surface area contributed by atoms with Crippen LogP contribution in [0.1, 0.15) is 45.6 Å². The first-order valence-corrected chi connectivity index (χ1v) is 12.2. The molecule has 11 heteroatoms. The topological polar surface area (TPSA) is 152 Å². The molecule has 0 saturated carbocycles. The largest absolute Gasteiger partial charge is 0.463 e. The highest BCUT2D eigenvalue weighted by Crippen LogP contribution is 2.24. The van der Waals surface area contributed by atoms with Crippen molar-refractivity contribution in [1.82, 2.24) is 20.2 Å². The summed E-state index contributed by atoms with van der Waals surface area (Å²) < 4.78 is 6.61. The first kappa shape index (κ1) is 26.6. The van der Waals surface area contributed by atoms with Gasteiger partial charge in [0.1, 0.15) is 11.5 Å². The molecular weight excluding hydrogens is 464 g/mol. The maximum atomic E-state index is 13.1. The number of H-pyrrole nitrogens is 1. The molecule has 1 aromatic heterocycles. The van der Waals surface area contributed by atoms with Crippen LogP contribution < -0.4 is 32.5 Å². The number of aromatic nitrogens is 2. The molecule has 2 amide bonds. The number of esters is 1. The lowest BCUT2D eigenvalue weighted by atomic mass is 9.99. The van der Waals surface area contributed by atoms with Gasteiger partial charge < -0.3 is 26.0 Å². The van der Waals surface area contributed by atoms with Gasteiger partial charge in [-0.2, -0.15) is 0 Å². The van der Waals surface area contributed by atoms with Crippen LogP contribution in [0.5, 0.6) is 0 Å². The van der Waals surface area contributed by atoms with Crippen molar-refractivity contribution in [3.8, 4) is 0 Å². The van der Waals surface area contributed by atoms with Crippen LogP contribution in [0, 0.1) is 0 Å². The van der Waals surface area contributed by atoms with Gasteiger partial charge in [0, 0.05) is 13.1 Å². The van der Waals surface area contributed by atoms with E-state index in [1.54, 1.807) is 11.8 Å². The van der Waals surface area contributed by atoms with Crippen LogP contribution in [0.4, 0.5) is 16.3 Å². The number of nitrogens with zero attached hydrogens (tertiary/aromatic N) is 2. The Morgan fingerprint density at radius 3 is 2.47 bits per heavy atom. The van der Waals surface area contributed by atoms with Gasteiger partial charge in [-0.1, -0.05) is 50.6 Å². The summed E-state index contributed by atoms with van der Waals surface area (Å²) in [6, 6.07) is 8.38. The SMILES string of the molecule is CCCCn1c(N)c(N(CC2=C(C(=O)OCC)C(CC)NC(=O)N2)Cc2ccccc2)c(=O)[nH]c1=O. The lowest BCUT2D eigenvalue weighted by molar-refractivity contribution is -0.139. The summed E-state index contributed by atoms with van der Waals surface area (Å²) in [4.78, 5) is 54.9. The van der Waals surface area contributed by atoms with Crippen molar-refractivity contribution in [1.29, 1.82) is 0 Å². The molecule has 1 aromatic carbocycles. The molecule has 11 nitrogen and oxygen atoms in total. The average Bonchev–Trinajstić information content (AvgIpc) is 2.84. The quantitative estimate of drug-likeness (QED) is 0.345. The minimum Gasteiger partial charge on any atom is -0.463 e. The summed E-state index contributed by atoms with van der Waals surface area (Å²) in [7, 11) is 0. The smallest absolute Gasteiger partial charge is 0.337 e. The van der Waals surface area contributed by atoms with Crippen molar-refractivity contribution in [2.45, 2.75) is 59.2 Å². The van der Waals surface area contributed by atoms with Crippen molar-refractivity contribution in [2.24, 2.45) is 0 Å². The van der Waals surface area contributed by atoms with Gasteiger partial charge in [0.2, 0.25) is 0 Å². The Morgan fingerprint density at radius 1 is 1.11 bits per heavy atom. The van der Waals surface area contributed by atoms with Gasteiger partial charge in [0.05, 0.1) is 30.5 Å². The number of nitrogens with one attached hydrogen (secondary N) is 3. The van der Waals surface area contributed by atoms with Crippen molar-refractivity contribution in [3.63, 3.8) is 0 Å². The molecule has 1 unspecified atom stereocenters. The van der Waals surface area contributed by atoms with Gasteiger partial charge in [0.25, 0.3) is 5.56 Å². The summed E-state index contributed by atoms with van der Waals surface area (Å²) in [6.07, 6.45) is 2.00. The molecule has 3 rings (SSSR count). The van der Waals surface area contributed by atoms with Crippen molar-refractivity contribution >= 4 is 23.5 Å². The van der Waals surface area contributed by atoms with E-state index in [0.717, 1.165) is 12.0 Å². The highest BCUT2D eigenvalue weighted by atomic mass is 16.5.